The Bertz CT molecular complexity index is 542. The van der Waals surface area contributed by atoms with Crippen molar-refractivity contribution in [3.63, 3.8) is 0 Å². The quantitative estimate of drug-likeness (QED) is 0.867. The number of carbonyl (C=O) groups is 1. The van der Waals surface area contributed by atoms with Crippen molar-refractivity contribution in [2.75, 3.05) is 13.2 Å². The zero-order valence-electron chi connectivity index (χ0n) is 14.8. The number of hydrogen-bond donors (Lipinski definition) is 2. The molecule has 24 heavy (non-hydrogen) atoms. The minimum absolute atomic E-state index is 0.0237. The largest absolute Gasteiger partial charge is 0.353 e. The molecule has 2 heterocycles. The second-order valence-corrected chi connectivity index (χ2v) is 7.09. The molecule has 2 N–H and O–H groups in total. The first-order valence-corrected chi connectivity index (χ1v) is 9.17. The Morgan fingerprint density at radius 3 is 2.71 bits per heavy atom. The van der Waals surface area contributed by atoms with Crippen LogP contribution in [0.4, 0.5) is 0 Å². The summed E-state index contributed by atoms with van der Waals surface area (Å²) in [6, 6.07) is 0. The summed E-state index contributed by atoms with van der Waals surface area (Å²) in [6.45, 7) is 5.07. The zero-order valence-corrected chi connectivity index (χ0v) is 14.8. The summed E-state index contributed by atoms with van der Waals surface area (Å²) in [5.74, 6) is -0.322. The van der Waals surface area contributed by atoms with Crippen molar-refractivity contribution in [1.82, 2.24) is 15.5 Å². The lowest BCUT2D eigenvalue weighted by atomic mass is 10.1. The van der Waals surface area contributed by atoms with Crippen LogP contribution in [0.3, 0.4) is 0 Å². The minimum Gasteiger partial charge on any atom is -0.353 e. The molecule has 134 valence electrons. The number of hydrogen-bond acceptors (Lipinski definition) is 4. The number of aromatic amines is 1. The van der Waals surface area contributed by atoms with E-state index in [4.69, 9.17) is 9.47 Å². The van der Waals surface area contributed by atoms with E-state index in [9.17, 15) is 4.79 Å². The Labute approximate surface area is 143 Å². The zero-order chi connectivity index (χ0) is 17.0. The van der Waals surface area contributed by atoms with Crippen molar-refractivity contribution in [1.29, 1.82) is 0 Å². The van der Waals surface area contributed by atoms with Gasteiger partial charge in [-0.15, -0.1) is 0 Å². The molecule has 1 aliphatic carbocycles. The Morgan fingerprint density at radius 1 is 1.29 bits per heavy atom. The fraction of sp³-hybridized carbons (Fsp3) is 0.778. The van der Waals surface area contributed by atoms with Gasteiger partial charge < -0.3 is 14.8 Å². The van der Waals surface area contributed by atoms with Gasteiger partial charge in [0.2, 0.25) is 5.91 Å². The summed E-state index contributed by atoms with van der Waals surface area (Å²) in [5, 5.41) is 10.1. The minimum atomic E-state index is -0.378. The van der Waals surface area contributed by atoms with Gasteiger partial charge in [0.25, 0.3) is 0 Å². The SMILES string of the molecule is Cc1n[nH]c(C)c1CCC(=O)NC[C@H]1COC2(CCCCCC2)O1. The van der Waals surface area contributed by atoms with E-state index in [1.165, 1.54) is 25.7 Å². The molecule has 0 bridgehead atoms. The third-order valence-corrected chi connectivity index (χ3v) is 5.19. The fourth-order valence-corrected chi connectivity index (χ4v) is 3.74. The highest BCUT2D eigenvalue weighted by molar-refractivity contribution is 5.76. The monoisotopic (exact) mass is 335 g/mol. The molecule has 0 unspecified atom stereocenters. The Morgan fingerprint density at radius 2 is 2.04 bits per heavy atom. The third kappa shape index (κ3) is 4.16. The van der Waals surface area contributed by atoms with E-state index in [0.29, 0.717) is 26.0 Å². The summed E-state index contributed by atoms with van der Waals surface area (Å²) < 4.78 is 12.1. The van der Waals surface area contributed by atoms with Gasteiger partial charge in [0, 0.05) is 31.5 Å². The number of H-pyrrole nitrogens is 1. The number of aryl methyl sites for hydroxylation is 2. The normalized spacial score (nSPS) is 23.3. The van der Waals surface area contributed by atoms with Crippen molar-refractivity contribution in [3.8, 4) is 0 Å². The van der Waals surface area contributed by atoms with Crippen LogP contribution in [-0.4, -0.2) is 41.1 Å². The molecule has 1 saturated heterocycles. The molecule has 1 spiro atoms. The number of nitrogens with zero attached hydrogens (tertiary/aromatic N) is 1. The van der Waals surface area contributed by atoms with Gasteiger partial charge in [-0.2, -0.15) is 5.10 Å². The highest BCUT2D eigenvalue weighted by Crippen LogP contribution is 2.36. The predicted molar refractivity (Wildman–Crippen MR) is 90.7 cm³/mol. The van der Waals surface area contributed by atoms with Crippen molar-refractivity contribution >= 4 is 5.91 Å². The van der Waals surface area contributed by atoms with Crippen LogP contribution in [0.2, 0.25) is 0 Å². The molecule has 1 aromatic heterocycles. The fourth-order valence-electron chi connectivity index (χ4n) is 3.74. The number of amides is 1. The van der Waals surface area contributed by atoms with Crippen LogP contribution in [0.25, 0.3) is 0 Å². The molecule has 2 aliphatic rings. The molecule has 1 aliphatic heterocycles. The molecule has 2 fully saturated rings. The lowest BCUT2D eigenvalue weighted by molar-refractivity contribution is -0.175. The average Bonchev–Trinajstić information content (AvgIpc) is 3.01. The van der Waals surface area contributed by atoms with Crippen LogP contribution in [0.5, 0.6) is 0 Å². The van der Waals surface area contributed by atoms with Crippen molar-refractivity contribution in [3.05, 3.63) is 17.0 Å². The summed E-state index contributed by atoms with van der Waals surface area (Å²) in [7, 11) is 0. The van der Waals surface area contributed by atoms with Gasteiger partial charge >= 0.3 is 0 Å². The van der Waals surface area contributed by atoms with Crippen LogP contribution in [0, 0.1) is 13.8 Å². The second kappa shape index (κ2) is 7.66. The molecule has 6 heteroatoms. The maximum absolute atomic E-state index is 12.1. The van der Waals surface area contributed by atoms with E-state index in [-0.39, 0.29) is 17.8 Å². The predicted octanol–water partition coefficient (Wildman–Crippen LogP) is 2.54. The number of aromatic nitrogens is 2. The third-order valence-electron chi connectivity index (χ3n) is 5.19. The molecule has 1 saturated carbocycles. The first-order chi connectivity index (χ1) is 11.6. The molecular weight excluding hydrogens is 306 g/mol. The number of carbonyl (C=O) groups excluding carboxylic acids is 1. The molecule has 1 atom stereocenters. The second-order valence-electron chi connectivity index (χ2n) is 7.09. The molecule has 1 amide bonds. The summed E-state index contributed by atoms with van der Waals surface area (Å²) in [5.41, 5.74) is 3.16. The summed E-state index contributed by atoms with van der Waals surface area (Å²) in [6.07, 6.45) is 8.00. The summed E-state index contributed by atoms with van der Waals surface area (Å²) >= 11 is 0. The Kier molecular flexibility index (Phi) is 5.56. The van der Waals surface area contributed by atoms with Gasteiger partial charge in [-0.05, 0) is 38.7 Å². The van der Waals surface area contributed by atoms with Gasteiger partial charge in [-0.1, -0.05) is 12.8 Å². The van der Waals surface area contributed by atoms with Crippen molar-refractivity contribution in [2.45, 2.75) is 77.1 Å². The standard InChI is InChI=1S/C18H29N3O3/c1-13-16(14(2)21-20-13)7-8-17(22)19-11-15-12-23-18(24-15)9-5-3-4-6-10-18/h15H,3-12H2,1-2H3,(H,19,22)(H,20,21)/t15-/m0/s1. The van der Waals surface area contributed by atoms with E-state index >= 15 is 0 Å². The van der Waals surface area contributed by atoms with E-state index in [1.807, 2.05) is 13.8 Å². The molecule has 0 radical (unpaired) electrons. The lowest BCUT2D eigenvalue weighted by Gasteiger charge is -2.26. The molecule has 1 aromatic rings. The topological polar surface area (TPSA) is 76.2 Å². The molecule has 6 nitrogen and oxygen atoms in total. The van der Waals surface area contributed by atoms with Gasteiger partial charge in [-0.3, -0.25) is 9.89 Å². The van der Waals surface area contributed by atoms with E-state index < -0.39 is 0 Å². The number of ether oxygens (including phenoxy) is 2. The van der Waals surface area contributed by atoms with E-state index in [0.717, 1.165) is 29.8 Å². The van der Waals surface area contributed by atoms with Crippen LogP contribution < -0.4 is 5.32 Å². The van der Waals surface area contributed by atoms with Gasteiger partial charge in [0.1, 0.15) is 6.10 Å². The smallest absolute Gasteiger partial charge is 0.220 e. The highest BCUT2D eigenvalue weighted by Gasteiger charge is 2.41. The van der Waals surface area contributed by atoms with E-state index in [1.54, 1.807) is 0 Å². The van der Waals surface area contributed by atoms with Crippen LogP contribution in [0.1, 0.15) is 61.9 Å². The maximum atomic E-state index is 12.1. The average molecular weight is 335 g/mol. The van der Waals surface area contributed by atoms with Crippen molar-refractivity contribution < 1.29 is 14.3 Å². The lowest BCUT2D eigenvalue weighted by Crippen LogP contribution is -2.36. The van der Waals surface area contributed by atoms with Gasteiger partial charge in [0.05, 0.1) is 12.3 Å². The highest BCUT2D eigenvalue weighted by atomic mass is 16.7. The van der Waals surface area contributed by atoms with Crippen molar-refractivity contribution in [2.24, 2.45) is 0 Å². The first-order valence-electron chi connectivity index (χ1n) is 9.17. The van der Waals surface area contributed by atoms with E-state index in [2.05, 4.69) is 15.5 Å². The van der Waals surface area contributed by atoms with Gasteiger partial charge in [-0.25, -0.2) is 0 Å². The maximum Gasteiger partial charge on any atom is 0.220 e. The van der Waals surface area contributed by atoms with Crippen LogP contribution >= 0.6 is 0 Å². The molecule has 0 aromatic carbocycles. The molecule has 3 rings (SSSR count). The van der Waals surface area contributed by atoms with Crippen LogP contribution in [0.15, 0.2) is 0 Å². The number of nitrogens with one attached hydrogen (secondary N) is 2. The van der Waals surface area contributed by atoms with Crippen LogP contribution in [-0.2, 0) is 20.7 Å². The number of rotatable bonds is 5. The van der Waals surface area contributed by atoms with Gasteiger partial charge in [0.15, 0.2) is 5.79 Å². The molecular formula is C18H29N3O3. The first kappa shape index (κ1) is 17.4. The Balaban J connectivity index is 1.40. The Hall–Kier alpha value is -1.40. The summed E-state index contributed by atoms with van der Waals surface area (Å²) in [4.78, 5) is 12.1.